The van der Waals surface area contributed by atoms with Gasteiger partial charge in [0.25, 0.3) is 0 Å². The van der Waals surface area contributed by atoms with Crippen LogP contribution in [0.2, 0.25) is 0 Å². The molecule has 6 heteroatoms. The fraction of sp³-hybridized carbons (Fsp3) is 0.0833. The molecular formula is C12H9N3O2S. The maximum atomic E-state index is 11.4. The fourth-order valence-electron chi connectivity index (χ4n) is 1.64. The largest absolute Gasteiger partial charge is 0.465 e. The summed E-state index contributed by atoms with van der Waals surface area (Å²) in [6.45, 7) is 0. The quantitative estimate of drug-likeness (QED) is 0.662. The van der Waals surface area contributed by atoms with Crippen molar-refractivity contribution in [2.75, 3.05) is 7.11 Å². The molecule has 0 unspecified atom stereocenters. The second-order valence-electron chi connectivity index (χ2n) is 3.62. The van der Waals surface area contributed by atoms with Gasteiger partial charge in [0.15, 0.2) is 11.5 Å². The van der Waals surface area contributed by atoms with E-state index in [1.807, 2.05) is 17.5 Å². The van der Waals surface area contributed by atoms with Crippen LogP contribution in [0.4, 0.5) is 0 Å². The molecule has 3 heterocycles. The van der Waals surface area contributed by atoms with Crippen LogP contribution >= 0.6 is 11.3 Å². The van der Waals surface area contributed by atoms with Gasteiger partial charge < -0.3 is 4.74 Å². The highest BCUT2D eigenvalue weighted by atomic mass is 32.1. The maximum Gasteiger partial charge on any atom is 0.338 e. The lowest BCUT2D eigenvalue weighted by atomic mass is 10.3. The molecule has 3 aromatic rings. The highest BCUT2D eigenvalue weighted by molar-refractivity contribution is 7.13. The Labute approximate surface area is 107 Å². The number of pyridine rings is 1. The summed E-state index contributed by atoms with van der Waals surface area (Å²) in [4.78, 5) is 16.8. The molecule has 90 valence electrons. The number of esters is 1. The van der Waals surface area contributed by atoms with Crippen LogP contribution in [0.1, 0.15) is 10.4 Å². The van der Waals surface area contributed by atoms with Gasteiger partial charge in [-0.25, -0.2) is 14.3 Å². The molecule has 0 spiro atoms. The van der Waals surface area contributed by atoms with Gasteiger partial charge in [0, 0.05) is 6.20 Å². The molecule has 0 aliphatic heterocycles. The summed E-state index contributed by atoms with van der Waals surface area (Å²) in [6.07, 6.45) is 1.70. The van der Waals surface area contributed by atoms with E-state index in [2.05, 4.69) is 14.8 Å². The van der Waals surface area contributed by atoms with Crippen molar-refractivity contribution in [1.29, 1.82) is 0 Å². The zero-order valence-corrected chi connectivity index (χ0v) is 10.3. The molecule has 0 aromatic carbocycles. The Balaban J connectivity index is 2.10. The van der Waals surface area contributed by atoms with E-state index in [-0.39, 0.29) is 5.97 Å². The first-order chi connectivity index (χ1) is 8.78. The summed E-state index contributed by atoms with van der Waals surface area (Å²) in [5.74, 6) is 0.283. The van der Waals surface area contributed by atoms with Gasteiger partial charge in [0.05, 0.1) is 17.6 Å². The van der Waals surface area contributed by atoms with Crippen LogP contribution < -0.4 is 0 Å². The molecule has 0 saturated heterocycles. The Hall–Kier alpha value is -2.21. The molecule has 3 aromatic heterocycles. The third kappa shape index (κ3) is 1.76. The number of aromatic nitrogens is 3. The van der Waals surface area contributed by atoms with E-state index < -0.39 is 0 Å². The van der Waals surface area contributed by atoms with Crippen LogP contribution in [0.3, 0.4) is 0 Å². The predicted molar refractivity (Wildman–Crippen MR) is 67.6 cm³/mol. The van der Waals surface area contributed by atoms with Crippen molar-refractivity contribution >= 4 is 23.0 Å². The van der Waals surface area contributed by atoms with E-state index in [1.54, 1.807) is 34.2 Å². The second-order valence-corrected chi connectivity index (χ2v) is 4.57. The van der Waals surface area contributed by atoms with E-state index in [0.717, 1.165) is 4.88 Å². The van der Waals surface area contributed by atoms with Crippen molar-refractivity contribution in [3.8, 4) is 10.7 Å². The van der Waals surface area contributed by atoms with Gasteiger partial charge in [0.1, 0.15) is 0 Å². The molecule has 0 amide bonds. The molecule has 0 saturated carbocycles. The lowest BCUT2D eigenvalue weighted by Crippen LogP contribution is -2.02. The maximum absolute atomic E-state index is 11.4. The van der Waals surface area contributed by atoms with Crippen LogP contribution in [0.25, 0.3) is 16.3 Å². The van der Waals surface area contributed by atoms with Gasteiger partial charge in [-0.3, -0.25) is 0 Å². The summed E-state index contributed by atoms with van der Waals surface area (Å²) >= 11 is 1.58. The topological polar surface area (TPSA) is 56.5 Å². The van der Waals surface area contributed by atoms with Crippen LogP contribution in [0.15, 0.2) is 35.8 Å². The summed E-state index contributed by atoms with van der Waals surface area (Å²) < 4.78 is 6.31. The monoisotopic (exact) mass is 259 g/mol. The van der Waals surface area contributed by atoms with Gasteiger partial charge in [-0.1, -0.05) is 6.07 Å². The SMILES string of the molecule is COC(=O)c1ccn2nc(-c3cccs3)nc2c1. The van der Waals surface area contributed by atoms with Gasteiger partial charge in [-0.15, -0.1) is 16.4 Å². The second kappa shape index (κ2) is 4.23. The number of fused-ring (bicyclic) bond motifs is 1. The van der Waals surface area contributed by atoms with Crippen molar-refractivity contribution in [2.24, 2.45) is 0 Å². The highest BCUT2D eigenvalue weighted by Gasteiger charge is 2.10. The van der Waals surface area contributed by atoms with E-state index in [1.165, 1.54) is 7.11 Å². The van der Waals surface area contributed by atoms with Crippen LogP contribution in [-0.2, 0) is 4.74 Å². The Morgan fingerprint density at radius 1 is 1.44 bits per heavy atom. The molecule has 0 fully saturated rings. The number of ether oxygens (including phenoxy) is 1. The third-order valence-electron chi connectivity index (χ3n) is 2.50. The van der Waals surface area contributed by atoms with E-state index in [4.69, 9.17) is 0 Å². The van der Waals surface area contributed by atoms with Gasteiger partial charge in [-0.05, 0) is 23.6 Å². The predicted octanol–water partition coefficient (Wildman–Crippen LogP) is 2.24. The number of hydrogen-bond donors (Lipinski definition) is 0. The number of methoxy groups -OCH3 is 1. The van der Waals surface area contributed by atoms with Crippen molar-refractivity contribution < 1.29 is 9.53 Å². The Bertz CT molecular complexity index is 703. The van der Waals surface area contributed by atoms with Crippen molar-refractivity contribution in [3.63, 3.8) is 0 Å². The minimum Gasteiger partial charge on any atom is -0.465 e. The molecular weight excluding hydrogens is 250 g/mol. The zero-order valence-electron chi connectivity index (χ0n) is 9.53. The molecule has 0 radical (unpaired) electrons. The highest BCUT2D eigenvalue weighted by Crippen LogP contribution is 2.21. The molecule has 0 aliphatic rings. The number of carbonyl (C=O) groups is 1. The number of carbonyl (C=O) groups excluding carboxylic acids is 1. The Kier molecular flexibility index (Phi) is 2.56. The lowest BCUT2D eigenvalue weighted by Gasteiger charge is -1.97. The van der Waals surface area contributed by atoms with Crippen LogP contribution in [0.5, 0.6) is 0 Å². The van der Waals surface area contributed by atoms with Crippen LogP contribution in [0, 0.1) is 0 Å². The summed E-state index contributed by atoms with van der Waals surface area (Å²) in [5, 5.41) is 6.32. The molecule has 0 aliphatic carbocycles. The van der Waals surface area contributed by atoms with Gasteiger partial charge in [0.2, 0.25) is 0 Å². The molecule has 3 rings (SSSR count). The fourth-order valence-corrected chi connectivity index (χ4v) is 2.29. The minimum absolute atomic E-state index is 0.377. The molecule has 5 nitrogen and oxygen atoms in total. The number of rotatable bonds is 2. The smallest absolute Gasteiger partial charge is 0.338 e. The molecule has 0 atom stereocenters. The first-order valence-electron chi connectivity index (χ1n) is 5.26. The standard InChI is InChI=1S/C12H9N3O2S/c1-17-12(16)8-4-5-15-10(7-8)13-11(14-15)9-3-2-6-18-9/h2-7H,1H3. The number of hydrogen-bond acceptors (Lipinski definition) is 5. The first-order valence-corrected chi connectivity index (χ1v) is 6.14. The lowest BCUT2D eigenvalue weighted by molar-refractivity contribution is 0.0600. The van der Waals surface area contributed by atoms with Gasteiger partial charge >= 0.3 is 5.97 Å². The van der Waals surface area contributed by atoms with Crippen molar-refractivity contribution in [3.05, 3.63) is 41.4 Å². The Morgan fingerprint density at radius 3 is 3.06 bits per heavy atom. The number of nitrogens with zero attached hydrogens (tertiary/aromatic N) is 3. The van der Waals surface area contributed by atoms with Crippen molar-refractivity contribution in [2.45, 2.75) is 0 Å². The van der Waals surface area contributed by atoms with E-state index in [0.29, 0.717) is 17.0 Å². The average molecular weight is 259 g/mol. The molecule has 0 N–H and O–H groups in total. The van der Waals surface area contributed by atoms with E-state index >= 15 is 0 Å². The normalized spacial score (nSPS) is 10.7. The zero-order chi connectivity index (χ0) is 12.5. The summed E-state index contributed by atoms with van der Waals surface area (Å²) in [5.41, 5.74) is 1.09. The van der Waals surface area contributed by atoms with Crippen molar-refractivity contribution in [1.82, 2.24) is 14.6 Å². The molecule has 18 heavy (non-hydrogen) atoms. The van der Waals surface area contributed by atoms with Gasteiger partial charge in [-0.2, -0.15) is 0 Å². The summed E-state index contributed by atoms with van der Waals surface area (Å²) in [6, 6.07) is 7.23. The first kappa shape index (κ1) is 10.9. The third-order valence-corrected chi connectivity index (χ3v) is 3.37. The Morgan fingerprint density at radius 2 is 2.33 bits per heavy atom. The average Bonchev–Trinajstić information content (AvgIpc) is 3.04. The minimum atomic E-state index is -0.377. The van der Waals surface area contributed by atoms with E-state index in [9.17, 15) is 4.79 Å². The van der Waals surface area contributed by atoms with Crippen LogP contribution in [-0.4, -0.2) is 27.7 Å². The summed E-state index contributed by atoms with van der Waals surface area (Å²) in [7, 11) is 1.35. The number of thiophene rings is 1. The molecule has 0 bridgehead atoms.